The maximum atomic E-state index is 5.76. The summed E-state index contributed by atoms with van der Waals surface area (Å²) in [5.74, 6) is 2.48. The normalized spacial score (nSPS) is 12.0. The van der Waals surface area contributed by atoms with Gasteiger partial charge in [0.25, 0.3) is 0 Å². The molecular formula is C10H9Cl. The summed E-state index contributed by atoms with van der Waals surface area (Å²) in [5, 5.41) is -0.183. The first-order valence-corrected chi connectivity index (χ1v) is 3.90. The van der Waals surface area contributed by atoms with E-state index in [1.54, 1.807) is 0 Å². The second-order valence-corrected chi connectivity index (χ2v) is 2.85. The lowest BCUT2D eigenvalue weighted by Crippen LogP contribution is -1.98. The van der Waals surface area contributed by atoms with Gasteiger partial charge in [-0.2, -0.15) is 0 Å². The van der Waals surface area contributed by atoms with Gasteiger partial charge in [0.05, 0.1) is 5.38 Å². The van der Waals surface area contributed by atoms with Crippen LogP contribution in [-0.4, -0.2) is 5.38 Å². The Morgan fingerprint density at radius 1 is 1.36 bits per heavy atom. The van der Waals surface area contributed by atoms with Crippen molar-refractivity contribution in [1.29, 1.82) is 0 Å². The van der Waals surface area contributed by atoms with Gasteiger partial charge in [-0.3, -0.25) is 0 Å². The molecular weight excluding hydrogens is 156 g/mol. The highest BCUT2D eigenvalue weighted by molar-refractivity contribution is 6.22. The van der Waals surface area contributed by atoms with Crippen molar-refractivity contribution in [3.8, 4) is 12.3 Å². The van der Waals surface area contributed by atoms with Gasteiger partial charge in [-0.15, -0.1) is 18.0 Å². The number of halogens is 1. The minimum atomic E-state index is -0.183. The predicted octanol–water partition coefficient (Wildman–Crippen LogP) is 2.47. The number of alkyl halides is 1. The second-order valence-electron chi connectivity index (χ2n) is 2.32. The predicted molar refractivity (Wildman–Crippen MR) is 48.6 cm³/mol. The average Bonchev–Trinajstić information content (AvgIpc) is 2.06. The van der Waals surface area contributed by atoms with Crippen molar-refractivity contribution in [2.24, 2.45) is 0 Å². The molecule has 0 fully saturated rings. The lowest BCUT2D eigenvalue weighted by atomic mass is 10.1. The minimum Gasteiger partial charge on any atom is -0.119 e. The fraction of sp³-hybridized carbons (Fsp3) is 0.200. The van der Waals surface area contributed by atoms with Gasteiger partial charge in [-0.05, 0) is 12.0 Å². The fourth-order valence-corrected chi connectivity index (χ4v) is 1.06. The summed E-state index contributed by atoms with van der Waals surface area (Å²) >= 11 is 5.76. The molecule has 0 saturated heterocycles. The molecule has 0 saturated carbocycles. The van der Waals surface area contributed by atoms with Gasteiger partial charge in [-0.1, -0.05) is 36.3 Å². The third-order valence-corrected chi connectivity index (χ3v) is 1.72. The molecule has 1 rings (SSSR count). The highest BCUT2D eigenvalue weighted by Crippen LogP contribution is 2.06. The van der Waals surface area contributed by atoms with E-state index >= 15 is 0 Å². The maximum absolute atomic E-state index is 5.76. The van der Waals surface area contributed by atoms with E-state index < -0.39 is 0 Å². The molecule has 11 heavy (non-hydrogen) atoms. The molecule has 0 heterocycles. The lowest BCUT2D eigenvalue weighted by molar-refractivity contribution is 1.04. The Hall–Kier alpha value is -0.930. The first-order valence-electron chi connectivity index (χ1n) is 3.47. The van der Waals surface area contributed by atoms with Crippen molar-refractivity contribution in [2.45, 2.75) is 11.8 Å². The van der Waals surface area contributed by atoms with Crippen LogP contribution in [0.5, 0.6) is 0 Å². The van der Waals surface area contributed by atoms with Crippen LogP contribution < -0.4 is 0 Å². The van der Waals surface area contributed by atoms with Crippen LogP contribution in [0.15, 0.2) is 30.3 Å². The van der Waals surface area contributed by atoms with Crippen molar-refractivity contribution in [1.82, 2.24) is 0 Å². The largest absolute Gasteiger partial charge is 0.119 e. The Bertz CT molecular complexity index is 245. The van der Waals surface area contributed by atoms with E-state index in [2.05, 4.69) is 5.92 Å². The monoisotopic (exact) mass is 164 g/mol. The number of rotatable bonds is 2. The van der Waals surface area contributed by atoms with Crippen LogP contribution in [0, 0.1) is 12.3 Å². The summed E-state index contributed by atoms with van der Waals surface area (Å²) < 4.78 is 0. The molecule has 0 aliphatic carbocycles. The number of benzene rings is 1. The summed E-state index contributed by atoms with van der Waals surface area (Å²) in [6.45, 7) is 0. The molecule has 0 aliphatic rings. The molecule has 1 aromatic carbocycles. The van der Waals surface area contributed by atoms with Crippen LogP contribution in [0.25, 0.3) is 0 Å². The fourth-order valence-electron chi connectivity index (χ4n) is 0.880. The third-order valence-electron chi connectivity index (χ3n) is 1.44. The molecule has 1 atom stereocenters. The Labute approximate surface area is 72.2 Å². The molecule has 1 unspecified atom stereocenters. The standard InChI is InChI=1S/C10H9Cl/c1-2-10(11)8-9-6-4-3-5-7-9/h1,3-7,10H,8H2. The van der Waals surface area contributed by atoms with Gasteiger partial charge in [0.2, 0.25) is 0 Å². The number of hydrogen-bond acceptors (Lipinski definition) is 0. The lowest BCUT2D eigenvalue weighted by Gasteiger charge is -2.00. The zero-order valence-corrected chi connectivity index (χ0v) is 6.88. The van der Waals surface area contributed by atoms with E-state index in [-0.39, 0.29) is 5.38 Å². The van der Waals surface area contributed by atoms with E-state index in [4.69, 9.17) is 18.0 Å². The Morgan fingerprint density at radius 2 is 2.00 bits per heavy atom. The van der Waals surface area contributed by atoms with Crippen molar-refractivity contribution in [3.63, 3.8) is 0 Å². The van der Waals surface area contributed by atoms with Gasteiger partial charge in [0.15, 0.2) is 0 Å². The van der Waals surface area contributed by atoms with E-state index in [0.29, 0.717) is 0 Å². The number of terminal acetylenes is 1. The van der Waals surface area contributed by atoms with Gasteiger partial charge in [-0.25, -0.2) is 0 Å². The van der Waals surface area contributed by atoms with Crippen LogP contribution in [0.3, 0.4) is 0 Å². The van der Waals surface area contributed by atoms with Crippen molar-refractivity contribution in [3.05, 3.63) is 35.9 Å². The molecule has 1 aromatic rings. The molecule has 0 spiro atoms. The van der Waals surface area contributed by atoms with Gasteiger partial charge >= 0.3 is 0 Å². The smallest absolute Gasteiger partial charge is 0.0980 e. The molecule has 56 valence electrons. The highest BCUT2D eigenvalue weighted by Gasteiger charge is 1.99. The third kappa shape index (κ3) is 2.65. The Kier molecular flexibility index (Phi) is 3.01. The van der Waals surface area contributed by atoms with Gasteiger partial charge in [0.1, 0.15) is 0 Å². The Morgan fingerprint density at radius 3 is 2.55 bits per heavy atom. The van der Waals surface area contributed by atoms with Crippen molar-refractivity contribution < 1.29 is 0 Å². The first-order chi connectivity index (χ1) is 5.33. The van der Waals surface area contributed by atoms with E-state index in [1.165, 1.54) is 5.56 Å². The summed E-state index contributed by atoms with van der Waals surface area (Å²) in [6.07, 6.45) is 5.89. The maximum Gasteiger partial charge on any atom is 0.0980 e. The SMILES string of the molecule is C#CC(Cl)Cc1ccccc1. The van der Waals surface area contributed by atoms with Crippen molar-refractivity contribution in [2.75, 3.05) is 0 Å². The molecule has 1 heteroatoms. The average molecular weight is 165 g/mol. The summed E-state index contributed by atoms with van der Waals surface area (Å²) in [4.78, 5) is 0. The molecule has 0 N–H and O–H groups in total. The molecule has 0 radical (unpaired) electrons. The quantitative estimate of drug-likeness (QED) is 0.466. The number of hydrogen-bond donors (Lipinski definition) is 0. The van der Waals surface area contributed by atoms with Crippen LogP contribution in [0.1, 0.15) is 5.56 Å². The summed E-state index contributed by atoms with van der Waals surface area (Å²) in [5.41, 5.74) is 1.19. The van der Waals surface area contributed by atoms with Crippen LogP contribution >= 0.6 is 11.6 Å². The van der Waals surface area contributed by atoms with Crippen LogP contribution in [0.2, 0.25) is 0 Å². The molecule has 0 amide bonds. The summed E-state index contributed by atoms with van der Waals surface area (Å²) in [6, 6.07) is 9.98. The molecule has 0 aliphatic heterocycles. The Balaban J connectivity index is 2.60. The molecule has 0 nitrogen and oxygen atoms in total. The van der Waals surface area contributed by atoms with E-state index in [0.717, 1.165) is 6.42 Å². The van der Waals surface area contributed by atoms with E-state index in [9.17, 15) is 0 Å². The molecule has 0 aromatic heterocycles. The molecule has 0 bridgehead atoms. The minimum absolute atomic E-state index is 0.183. The van der Waals surface area contributed by atoms with Crippen molar-refractivity contribution >= 4 is 11.6 Å². The zero-order chi connectivity index (χ0) is 8.10. The van der Waals surface area contributed by atoms with Gasteiger partial charge in [0, 0.05) is 0 Å². The second kappa shape index (κ2) is 4.05. The highest BCUT2D eigenvalue weighted by atomic mass is 35.5. The van der Waals surface area contributed by atoms with Gasteiger partial charge < -0.3 is 0 Å². The first kappa shape index (κ1) is 8.17. The zero-order valence-electron chi connectivity index (χ0n) is 6.13. The topological polar surface area (TPSA) is 0 Å². The van der Waals surface area contributed by atoms with E-state index in [1.807, 2.05) is 30.3 Å². The van der Waals surface area contributed by atoms with Crippen LogP contribution in [-0.2, 0) is 6.42 Å². The van der Waals surface area contributed by atoms with Crippen LogP contribution in [0.4, 0.5) is 0 Å². The summed E-state index contributed by atoms with van der Waals surface area (Å²) in [7, 11) is 0.